The standard InChI is InChI=1S/C18H19NO2/c1-13-6-5-8-15(10-13)18(20)19-11-14(2)21-17-9-4-3-7-16(17)12-19/h3-10,14H,11-12H2,1-2H3. The van der Waals surface area contributed by atoms with Crippen molar-refractivity contribution < 1.29 is 9.53 Å². The highest BCUT2D eigenvalue weighted by molar-refractivity contribution is 5.94. The normalized spacial score (nSPS) is 17.6. The number of nitrogens with zero attached hydrogens (tertiary/aromatic N) is 1. The Morgan fingerprint density at radius 2 is 2.00 bits per heavy atom. The van der Waals surface area contributed by atoms with Gasteiger partial charge in [-0.1, -0.05) is 35.9 Å². The van der Waals surface area contributed by atoms with Crippen molar-refractivity contribution in [3.63, 3.8) is 0 Å². The first-order valence-electron chi connectivity index (χ1n) is 7.24. The van der Waals surface area contributed by atoms with Crippen LogP contribution in [0.3, 0.4) is 0 Å². The van der Waals surface area contributed by atoms with E-state index in [1.165, 1.54) is 0 Å². The molecule has 21 heavy (non-hydrogen) atoms. The maximum atomic E-state index is 12.7. The first kappa shape index (κ1) is 13.7. The number of aryl methyl sites for hydroxylation is 1. The molecule has 0 aromatic heterocycles. The Balaban J connectivity index is 1.90. The van der Waals surface area contributed by atoms with Crippen molar-refractivity contribution in [1.29, 1.82) is 0 Å². The number of carbonyl (C=O) groups excluding carboxylic acids is 1. The fourth-order valence-corrected chi connectivity index (χ4v) is 2.70. The van der Waals surface area contributed by atoms with Crippen LogP contribution in [0, 0.1) is 6.92 Å². The molecule has 1 amide bonds. The van der Waals surface area contributed by atoms with Crippen LogP contribution < -0.4 is 4.74 Å². The quantitative estimate of drug-likeness (QED) is 0.801. The van der Waals surface area contributed by atoms with E-state index >= 15 is 0 Å². The molecule has 0 radical (unpaired) electrons. The molecule has 1 atom stereocenters. The predicted molar refractivity (Wildman–Crippen MR) is 82.5 cm³/mol. The van der Waals surface area contributed by atoms with Crippen molar-refractivity contribution in [3.8, 4) is 5.75 Å². The zero-order chi connectivity index (χ0) is 14.8. The second-order valence-corrected chi connectivity index (χ2v) is 5.59. The fourth-order valence-electron chi connectivity index (χ4n) is 2.70. The predicted octanol–water partition coefficient (Wildman–Crippen LogP) is 3.42. The third-order valence-electron chi connectivity index (χ3n) is 3.69. The van der Waals surface area contributed by atoms with Crippen molar-refractivity contribution in [3.05, 3.63) is 65.2 Å². The van der Waals surface area contributed by atoms with Gasteiger partial charge in [0.05, 0.1) is 6.54 Å². The second-order valence-electron chi connectivity index (χ2n) is 5.59. The molecule has 1 heterocycles. The van der Waals surface area contributed by atoms with Gasteiger partial charge < -0.3 is 9.64 Å². The van der Waals surface area contributed by atoms with E-state index < -0.39 is 0 Å². The van der Waals surface area contributed by atoms with Crippen molar-refractivity contribution in [2.24, 2.45) is 0 Å². The minimum absolute atomic E-state index is 0.0117. The van der Waals surface area contributed by atoms with Crippen LogP contribution in [0.5, 0.6) is 5.75 Å². The summed E-state index contributed by atoms with van der Waals surface area (Å²) in [6, 6.07) is 15.7. The zero-order valence-corrected chi connectivity index (χ0v) is 12.4. The Morgan fingerprint density at radius 1 is 1.19 bits per heavy atom. The topological polar surface area (TPSA) is 29.5 Å². The van der Waals surface area contributed by atoms with E-state index in [0.717, 1.165) is 22.4 Å². The zero-order valence-electron chi connectivity index (χ0n) is 12.4. The minimum Gasteiger partial charge on any atom is -0.489 e. The monoisotopic (exact) mass is 281 g/mol. The number of ether oxygens (including phenoxy) is 1. The number of amides is 1. The van der Waals surface area contributed by atoms with Gasteiger partial charge in [-0.15, -0.1) is 0 Å². The van der Waals surface area contributed by atoms with Crippen LogP contribution in [0.2, 0.25) is 0 Å². The lowest BCUT2D eigenvalue weighted by molar-refractivity contribution is 0.0690. The van der Waals surface area contributed by atoms with Gasteiger partial charge in [0.1, 0.15) is 11.9 Å². The lowest BCUT2D eigenvalue weighted by atomic mass is 10.1. The molecule has 1 unspecified atom stereocenters. The molecule has 0 spiro atoms. The van der Waals surface area contributed by atoms with Crippen LogP contribution in [0.1, 0.15) is 28.4 Å². The molecule has 2 aromatic rings. The van der Waals surface area contributed by atoms with Gasteiger partial charge in [-0.3, -0.25) is 4.79 Å². The number of hydrogen-bond acceptors (Lipinski definition) is 2. The van der Waals surface area contributed by atoms with Crippen molar-refractivity contribution in [2.75, 3.05) is 6.54 Å². The Labute approximate surface area is 125 Å². The lowest BCUT2D eigenvalue weighted by Gasteiger charge is -2.22. The number of benzene rings is 2. The average molecular weight is 281 g/mol. The smallest absolute Gasteiger partial charge is 0.254 e. The van der Waals surface area contributed by atoms with Gasteiger partial charge >= 0.3 is 0 Å². The van der Waals surface area contributed by atoms with Crippen molar-refractivity contribution in [2.45, 2.75) is 26.5 Å². The molecule has 1 aliphatic heterocycles. The molecule has 0 saturated heterocycles. The summed E-state index contributed by atoms with van der Waals surface area (Å²) in [5, 5.41) is 0. The van der Waals surface area contributed by atoms with Crippen LogP contribution >= 0.6 is 0 Å². The summed E-state index contributed by atoms with van der Waals surface area (Å²) in [6.07, 6.45) is -0.0117. The largest absolute Gasteiger partial charge is 0.489 e. The van der Waals surface area contributed by atoms with E-state index in [-0.39, 0.29) is 12.0 Å². The van der Waals surface area contributed by atoms with Crippen LogP contribution in [0.4, 0.5) is 0 Å². The summed E-state index contributed by atoms with van der Waals surface area (Å²) in [6.45, 7) is 5.19. The molecule has 3 heteroatoms. The van der Waals surface area contributed by atoms with Crippen LogP contribution in [-0.2, 0) is 6.54 Å². The molecule has 0 saturated carbocycles. The van der Waals surface area contributed by atoms with E-state index in [1.54, 1.807) is 0 Å². The molecule has 3 rings (SSSR count). The Bertz CT molecular complexity index is 666. The van der Waals surface area contributed by atoms with Crippen LogP contribution in [0.25, 0.3) is 0 Å². The first-order chi connectivity index (χ1) is 10.1. The number of fused-ring (bicyclic) bond motifs is 1. The van der Waals surface area contributed by atoms with Gasteiger partial charge in [0.25, 0.3) is 5.91 Å². The number of hydrogen-bond donors (Lipinski definition) is 0. The maximum Gasteiger partial charge on any atom is 0.254 e. The summed E-state index contributed by atoms with van der Waals surface area (Å²) < 4.78 is 5.90. The highest BCUT2D eigenvalue weighted by Crippen LogP contribution is 2.25. The molecule has 2 aromatic carbocycles. The molecular weight excluding hydrogens is 262 g/mol. The van der Waals surface area contributed by atoms with Crippen LogP contribution in [0.15, 0.2) is 48.5 Å². The fraction of sp³-hybridized carbons (Fsp3) is 0.278. The molecule has 0 N–H and O–H groups in total. The Kier molecular flexibility index (Phi) is 3.65. The van der Waals surface area contributed by atoms with E-state index in [1.807, 2.05) is 67.3 Å². The van der Waals surface area contributed by atoms with Gasteiger partial charge in [0.15, 0.2) is 0 Å². The van der Waals surface area contributed by atoms with Gasteiger partial charge in [-0.05, 0) is 32.0 Å². The molecular formula is C18H19NO2. The van der Waals surface area contributed by atoms with Gasteiger partial charge in [-0.2, -0.15) is 0 Å². The molecule has 1 aliphatic rings. The summed E-state index contributed by atoms with van der Waals surface area (Å²) in [5.41, 5.74) is 2.89. The summed E-state index contributed by atoms with van der Waals surface area (Å²) >= 11 is 0. The SMILES string of the molecule is Cc1cccc(C(=O)N2Cc3ccccc3OC(C)C2)c1. The van der Waals surface area contributed by atoms with Gasteiger partial charge in [-0.25, -0.2) is 0 Å². The summed E-state index contributed by atoms with van der Waals surface area (Å²) in [5.74, 6) is 0.940. The van der Waals surface area contributed by atoms with Crippen LogP contribution in [-0.4, -0.2) is 23.5 Å². The average Bonchev–Trinajstić information content (AvgIpc) is 2.64. The number of para-hydroxylation sites is 1. The van der Waals surface area contributed by atoms with Gasteiger partial charge in [0, 0.05) is 17.7 Å². The minimum atomic E-state index is -0.0117. The summed E-state index contributed by atoms with van der Waals surface area (Å²) in [7, 11) is 0. The van der Waals surface area contributed by atoms with E-state index in [0.29, 0.717) is 13.1 Å². The highest BCUT2D eigenvalue weighted by Gasteiger charge is 2.24. The molecule has 0 aliphatic carbocycles. The second kappa shape index (κ2) is 5.60. The first-order valence-corrected chi connectivity index (χ1v) is 7.24. The van der Waals surface area contributed by atoms with Crippen molar-refractivity contribution >= 4 is 5.91 Å². The lowest BCUT2D eigenvalue weighted by Crippen LogP contribution is -2.36. The van der Waals surface area contributed by atoms with Crippen molar-refractivity contribution in [1.82, 2.24) is 4.90 Å². The van der Waals surface area contributed by atoms with E-state index in [2.05, 4.69) is 0 Å². The number of rotatable bonds is 1. The number of carbonyl (C=O) groups is 1. The molecule has 108 valence electrons. The molecule has 3 nitrogen and oxygen atoms in total. The third kappa shape index (κ3) is 2.92. The maximum absolute atomic E-state index is 12.7. The summed E-state index contributed by atoms with van der Waals surface area (Å²) in [4.78, 5) is 14.6. The third-order valence-corrected chi connectivity index (χ3v) is 3.69. The Morgan fingerprint density at radius 3 is 2.81 bits per heavy atom. The molecule has 0 fully saturated rings. The van der Waals surface area contributed by atoms with E-state index in [4.69, 9.17) is 4.74 Å². The van der Waals surface area contributed by atoms with Gasteiger partial charge in [0.2, 0.25) is 0 Å². The van der Waals surface area contributed by atoms with E-state index in [9.17, 15) is 4.79 Å². The highest BCUT2D eigenvalue weighted by atomic mass is 16.5. The Hall–Kier alpha value is -2.29. The molecule has 0 bridgehead atoms.